The molecule has 1 heterocycles. The number of carbonyl (C=O) groups is 2. The Morgan fingerprint density at radius 3 is 2.20 bits per heavy atom. The second kappa shape index (κ2) is 9.43. The number of benzene rings is 2. The molecule has 2 aromatic rings. The van der Waals surface area contributed by atoms with E-state index in [0.29, 0.717) is 11.7 Å². The Bertz CT molecular complexity index is 872. The minimum atomic E-state index is -1.24. The van der Waals surface area contributed by atoms with E-state index in [1.165, 1.54) is 32.1 Å². The average Bonchev–Trinajstić information content (AvgIpc) is 3.17. The molecule has 0 aliphatic carbocycles. The largest absolute Gasteiger partial charge is 0.468 e. The van der Waals surface area contributed by atoms with Crippen LogP contribution in [0.5, 0.6) is 0 Å². The highest BCUT2D eigenvalue weighted by molar-refractivity contribution is 6.08. The molecule has 0 bridgehead atoms. The Morgan fingerprint density at radius 2 is 1.67 bits per heavy atom. The number of rotatable bonds is 7. The summed E-state index contributed by atoms with van der Waals surface area (Å²) in [5.41, 5.74) is 2.99. The van der Waals surface area contributed by atoms with Crippen LogP contribution in [0.4, 0.5) is 5.69 Å². The topological polar surface area (TPSA) is 58.6 Å². The average molecular weight is 409 g/mol. The van der Waals surface area contributed by atoms with Crippen LogP contribution in [0.25, 0.3) is 11.1 Å². The molecule has 30 heavy (non-hydrogen) atoms. The summed E-state index contributed by atoms with van der Waals surface area (Å²) in [5.74, 6) is -0.949. The fourth-order valence-electron chi connectivity index (χ4n) is 3.84. The number of hydrogen-bond acceptors (Lipinski definition) is 4. The zero-order valence-electron chi connectivity index (χ0n) is 18.4. The number of esters is 1. The first-order valence-electron chi connectivity index (χ1n) is 10.6. The fourth-order valence-corrected chi connectivity index (χ4v) is 3.84. The van der Waals surface area contributed by atoms with Crippen molar-refractivity contribution in [3.05, 3.63) is 54.1 Å². The Hall–Kier alpha value is -2.66. The van der Waals surface area contributed by atoms with Crippen LogP contribution >= 0.6 is 0 Å². The highest BCUT2D eigenvalue weighted by Gasteiger charge is 2.37. The quantitative estimate of drug-likeness (QED) is 0.541. The van der Waals surface area contributed by atoms with Gasteiger partial charge in [0, 0.05) is 18.3 Å². The molecule has 1 fully saturated rings. The Labute approximate surface area is 179 Å². The second-order valence-corrected chi connectivity index (χ2v) is 8.62. The number of likely N-dealkylation sites (tertiary alicyclic amines) is 1. The van der Waals surface area contributed by atoms with E-state index in [1.807, 2.05) is 24.3 Å². The number of anilines is 1. The molecule has 1 saturated heterocycles. The van der Waals surface area contributed by atoms with Gasteiger partial charge < -0.3 is 15.0 Å². The first kappa shape index (κ1) is 22.0. The van der Waals surface area contributed by atoms with E-state index in [0.717, 1.165) is 24.1 Å². The van der Waals surface area contributed by atoms with E-state index < -0.39 is 17.3 Å². The number of nitrogens with one attached hydrogen (secondary N) is 1. The second-order valence-electron chi connectivity index (χ2n) is 8.62. The molecule has 1 N–H and O–H groups in total. The molecule has 5 heteroatoms. The van der Waals surface area contributed by atoms with Crippen molar-refractivity contribution < 1.29 is 14.3 Å². The third-order valence-corrected chi connectivity index (χ3v) is 6.07. The molecule has 0 spiro atoms. The van der Waals surface area contributed by atoms with Crippen molar-refractivity contribution in [3.8, 4) is 11.1 Å². The molecular weight excluding hydrogens is 376 g/mol. The molecule has 1 aliphatic rings. The van der Waals surface area contributed by atoms with Gasteiger partial charge in [-0.15, -0.1) is 0 Å². The van der Waals surface area contributed by atoms with Crippen LogP contribution in [-0.2, 0) is 20.7 Å². The van der Waals surface area contributed by atoms with Crippen molar-refractivity contribution in [2.75, 3.05) is 25.5 Å². The highest BCUT2D eigenvalue weighted by Crippen LogP contribution is 2.25. The normalized spacial score (nSPS) is 17.0. The number of nitrogens with zero attached hydrogens (tertiary/aromatic N) is 1. The van der Waals surface area contributed by atoms with Gasteiger partial charge in [0.25, 0.3) is 0 Å². The number of ether oxygens (including phenoxy) is 1. The van der Waals surface area contributed by atoms with Gasteiger partial charge in [-0.3, -0.25) is 9.59 Å². The maximum atomic E-state index is 12.4. The van der Waals surface area contributed by atoms with Crippen LogP contribution in [0.15, 0.2) is 48.5 Å². The monoisotopic (exact) mass is 408 g/mol. The molecule has 0 saturated carbocycles. The van der Waals surface area contributed by atoms with E-state index in [9.17, 15) is 9.59 Å². The van der Waals surface area contributed by atoms with Crippen molar-refractivity contribution in [2.24, 2.45) is 5.41 Å². The van der Waals surface area contributed by atoms with Gasteiger partial charge in [-0.25, -0.2) is 0 Å². The Kier molecular flexibility index (Phi) is 6.93. The lowest BCUT2D eigenvalue weighted by Crippen LogP contribution is -2.38. The summed E-state index contributed by atoms with van der Waals surface area (Å²) in [7, 11) is 1.28. The molecular formula is C25H32N2O3. The lowest BCUT2D eigenvalue weighted by atomic mass is 9.92. The molecule has 2 aromatic carbocycles. The highest BCUT2D eigenvalue weighted by atomic mass is 16.5. The van der Waals surface area contributed by atoms with Gasteiger partial charge in [0.2, 0.25) is 5.91 Å². The molecule has 0 radical (unpaired) electrons. The van der Waals surface area contributed by atoms with Crippen molar-refractivity contribution in [2.45, 2.75) is 46.1 Å². The zero-order valence-corrected chi connectivity index (χ0v) is 18.4. The number of methoxy groups -OCH3 is 1. The van der Waals surface area contributed by atoms with Gasteiger partial charge in [-0.2, -0.15) is 0 Å². The smallest absolute Gasteiger partial charge is 0.320 e. The maximum absolute atomic E-state index is 12.4. The lowest BCUT2D eigenvalue weighted by Gasteiger charge is -2.21. The SMILES string of the molecule is COC(=O)C(C)(C)C(=O)Nc1ccc(-c2ccc(CCN3CCC[C@H]3C)cc2)cc1. The summed E-state index contributed by atoms with van der Waals surface area (Å²) < 4.78 is 4.71. The van der Waals surface area contributed by atoms with Gasteiger partial charge in [-0.1, -0.05) is 36.4 Å². The first-order valence-corrected chi connectivity index (χ1v) is 10.6. The predicted molar refractivity (Wildman–Crippen MR) is 120 cm³/mol. The molecule has 160 valence electrons. The van der Waals surface area contributed by atoms with Gasteiger partial charge >= 0.3 is 5.97 Å². The number of carbonyl (C=O) groups excluding carboxylic acids is 2. The van der Waals surface area contributed by atoms with Crippen LogP contribution in [0.1, 0.15) is 39.2 Å². The fraction of sp³-hybridized carbons (Fsp3) is 0.440. The van der Waals surface area contributed by atoms with E-state index in [4.69, 9.17) is 4.74 Å². The Balaban J connectivity index is 1.59. The maximum Gasteiger partial charge on any atom is 0.320 e. The summed E-state index contributed by atoms with van der Waals surface area (Å²) in [5, 5.41) is 2.79. The first-order chi connectivity index (χ1) is 14.3. The van der Waals surface area contributed by atoms with E-state index in [2.05, 4.69) is 41.4 Å². The minimum Gasteiger partial charge on any atom is -0.468 e. The van der Waals surface area contributed by atoms with E-state index >= 15 is 0 Å². The van der Waals surface area contributed by atoms with Gasteiger partial charge in [-0.05, 0) is 75.4 Å². The van der Waals surface area contributed by atoms with E-state index in [-0.39, 0.29) is 0 Å². The standard InChI is InChI=1S/C25H32N2O3/c1-18-6-5-16-27(18)17-15-19-7-9-20(10-8-19)21-11-13-22(14-12-21)26-23(28)25(2,3)24(29)30-4/h7-14,18H,5-6,15-17H2,1-4H3,(H,26,28)/t18-/m1/s1. The van der Waals surface area contributed by atoms with Crippen LogP contribution in [0.3, 0.4) is 0 Å². The molecule has 0 aromatic heterocycles. The number of amides is 1. The Morgan fingerprint density at radius 1 is 1.07 bits per heavy atom. The van der Waals surface area contributed by atoms with Crippen LogP contribution in [0.2, 0.25) is 0 Å². The zero-order chi connectivity index (χ0) is 21.7. The molecule has 0 unspecified atom stereocenters. The van der Waals surface area contributed by atoms with Crippen LogP contribution in [-0.4, -0.2) is 43.0 Å². The van der Waals surface area contributed by atoms with Crippen molar-refractivity contribution >= 4 is 17.6 Å². The van der Waals surface area contributed by atoms with Crippen molar-refractivity contribution in [3.63, 3.8) is 0 Å². The summed E-state index contributed by atoms with van der Waals surface area (Å²) in [6.07, 6.45) is 3.71. The predicted octanol–water partition coefficient (Wildman–Crippen LogP) is 4.52. The van der Waals surface area contributed by atoms with Gasteiger partial charge in [0.15, 0.2) is 0 Å². The summed E-state index contributed by atoms with van der Waals surface area (Å²) in [6, 6.07) is 17.1. The van der Waals surface area contributed by atoms with Crippen molar-refractivity contribution in [1.82, 2.24) is 4.90 Å². The molecule has 5 nitrogen and oxygen atoms in total. The summed E-state index contributed by atoms with van der Waals surface area (Å²) >= 11 is 0. The third-order valence-electron chi connectivity index (χ3n) is 6.07. The summed E-state index contributed by atoms with van der Waals surface area (Å²) in [6.45, 7) is 7.76. The van der Waals surface area contributed by atoms with Gasteiger partial charge in [0.1, 0.15) is 5.41 Å². The minimum absolute atomic E-state index is 0.390. The molecule has 1 aliphatic heterocycles. The van der Waals surface area contributed by atoms with E-state index in [1.54, 1.807) is 13.8 Å². The summed E-state index contributed by atoms with van der Waals surface area (Å²) in [4.78, 5) is 26.7. The van der Waals surface area contributed by atoms with Crippen LogP contribution < -0.4 is 5.32 Å². The lowest BCUT2D eigenvalue weighted by molar-refractivity contribution is -0.154. The molecule has 1 amide bonds. The third kappa shape index (κ3) is 5.08. The van der Waals surface area contributed by atoms with Crippen molar-refractivity contribution in [1.29, 1.82) is 0 Å². The molecule has 3 rings (SSSR count). The van der Waals surface area contributed by atoms with Crippen LogP contribution in [0, 0.1) is 5.41 Å². The van der Waals surface area contributed by atoms with Gasteiger partial charge in [0.05, 0.1) is 7.11 Å². The molecule has 1 atom stereocenters. The number of hydrogen-bond donors (Lipinski definition) is 1.